The summed E-state index contributed by atoms with van der Waals surface area (Å²) in [4.78, 5) is 21.9. The van der Waals surface area contributed by atoms with Gasteiger partial charge in [0.15, 0.2) is 12.0 Å². The van der Waals surface area contributed by atoms with Crippen molar-refractivity contribution in [3.63, 3.8) is 0 Å². The minimum atomic E-state index is -0.174. The van der Waals surface area contributed by atoms with E-state index < -0.39 is 0 Å². The van der Waals surface area contributed by atoms with Crippen molar-refractivity contribution in [3.05, 3.63) is 36.1 Å². The molecule has 2 rings (SSSR count). The van der Waals surface area contributed by atoms with Crippen molar-refractivity contribution in [2.45, 2.75) is 6.92 Å². The lowest BCUT2D eigenvalue weighted by Crippen LogP contribution is -2.07. The highest BCUT2D eigenvalue weighted by Crippen LogP contribution is 2.33. The Labute approximate surface area is 128 Å². The summed E-state index contributed by atoms with van der Waals surface area (Å²) in [7, 11) is 1.59. The minimum absolute atomic E-state index is 0.174. The molecule has 6 heteroatoms. The van der Waals surface area contributed by atoms with Crippen molar-refractivity contribution >= 4 is 17.9 Å². The quantitative estimate of drug-likeness (QED) is 0.628. The summed E-state index contributed by atoms with van der Waals surface area (Å²) in [6, 6.07) is 8.46. The standard InChI is InChI=1S/C16H17NO5/c1-11(19)17-12-3-5-15(21-8-7-20-2)14(9-12)16-6-4-13(10-18)22-16/h3-6,9-10H,7-8H2,1-2H3,(H,17,19). The molecule has 0 aliphatic carbocycles. The maximum absolute atomic E-state index is 11.2. The highest BCUT2D eigenvalue weighted by molar-refractivity contribution is 5.90. The Kier molecular flexibility index (Phi) is 5.32. The molecule has 1 N–H and O–H groups in total. The number of carbonyl (C=O) groups excluding carboxylic acids is 2. The van der Waals surface area contributed by atoms with Gasteiger partial charge in [-0.3, -0.25) is 9.59 Å². The van der Waals surface area contributed by atoms with Gasteiger partial charge >= 0.3 is 0 Å². The molecule has 1 aromatic carbocycles. The number of nitrogens with one attached hydrogen (secondary N) is 1. The van der Waals surface area contributed by atoms with Gasteiger partial charge in [0.1, 0.15) is 18.1 Å². The van der Waals surface area contributed by atoms with Crippen molar-refractivity contribution in [2.24, 2.45) is 0 Å². The largest absolute Gasteiger partial charge is 0.490 e. The summed E-state index contributed by atoms with van der Waals surface area (Å²) in [6.45, 7) is 2.26. The maximum Gasteiger partial charge on any atom is 0.221 e. The fourth-order valence-corrected chi connectivity index (χ4v) is 1.93. The Hall–Kier alpha value is -2.60. The normalized spacial score (nSPS) is 10.3. The van der Waals surface area contributed by atoms with Crippen molar-refractivity contribution in [1.29, 1.82) is 0 Å². The molecule has 0 spiro atoms. The van der Waals surface area contributed by atoms with E-state index in [4.69, 9.17) is 13.9 Å². The van der Waals surface area contributed by atoms with Crippen LogP contribution < -0.4 is 10.1 Å². The van der Waals surface area contributed by atoms with E-state index in [0.717, 1.165) is 0 Å². The van der Waals surface area contributed by atoms with E-state index in [2.05, 4.69) is 5.32 Å². The monoisotopic (exact) mass is 303 g/mol. The fraction of sp³-hybridized carbons (Fsp3) is 0.250. The van der Waals surface area contributed by atoms with Gasteiger partial charge in [0.05, 0.1) is 12.2 Å². The van der Waals surface area contributed by atoms with Crippen LogP contribution in [-0.2, 0) is 9.53 Å². The molecule has 0 unspecified atom stereocenters. The zero-order chi connectivity index (χ0) is 15.9. The molecule has 0 radical (unpaired) electrons. The molecule has 0 saturated heterocycles. The number of hydrogen-bond acceptors (Lipinski definition) is 5. The van der Waals surface area contributed by atoms with Gasteiger partial charge in [0.2, 0.25) is 5.91 Å². The van der Waals surface area contributed by atoms with Crippen molar-refractivity contribution in [1.82, 2.24) is 0 Å². The van der Waals surface area contributed by atoms with Crippen molar-refractivity contribution in [3.8, 4) is 17.1 Å². The van der Waals surface area contributed by atoms with Crippen LogP contribution in [0.2, 0.25) is 0 Å². The molecule has 0 saturated carbocycles. The number of ether oxygens (including phenoxy) is 2. The zero-order valence-electron chi connectivity index (χ0n) is 12.4. The van der Waals surface area contributed by atoms with Crippen molar-refractivity contribution < 1.29 is 23.5 Å². The predicted octanol–water partition coefficient (Wildman–Crippen LogP) is 2.74. The van der Waals surface area contributed by atoms with Crippen LogP contribution in [0.1, 0.15) is 17.5 Å². The number of benzene rings is 1. The number of methoxy groups -OCH3 is 1. The second kappa shape index (κ2) is 7.42. The SMILES string of the molecule is COCCOc1ccc(NC(C)=O)cc1-c1ccc(C=O)o1. The zero-order valence-corrected chi connectivity index (χ0v) is 12.4. The Morgan fingerprint density at radius 2 is 2.09 bits per heavy atom. The van der Waals surface area contributed by atoms with Crippen LogP contribution in [0.15, 0.2) is 34.7 Å². The lowest BCUT2D eigenvalue weighted by atomic mass is 10.1. The van der Waals surface area contributed by atoms with E-state index in [9.17, 15) is 9.59 Å². The minimum Gasteiger partial charge on any atom is -0.490 e. The summed E-state index contributed by atoms with van der Waals surface area (Å²) >= 11 is 0. The molecule has 0 bridgehead atoms. The molecule has 0 aliphatic heterocycles. The summed E-state index contributed by atoms with van der Waals surface area (Å²) in [6.07, 6.45) is 0.632. The lowest BCUT2D eigenvalue weighted by molar-refractivity contribution is -0.114. The van der Waals surface area contributed by atoms with Crippen LogP contribution >= 0.6 is 0 Å². The van der Waals surface area contributed by atoms with Crippen LogP contribution in [-0.4, -0.2) is 32.5 Å². The van der Waals surface area contributed by atoms with Crippen LogP contribution in [0.5, 0.6) is 5.75 Å². The predicted molar refractivity (Wildman–Crippen MR) is 81.2 cm³/mol. The number of anilines is 1. The number of furan rings is 1. The number of carbonyl (C=O) groups is 2. The second-order valence-corrected chi connectivity index (χ2v) is 4.55. The summed E-state index contributed by atoms with van der Waals surface area (Å²) < 4.78 is 16.0. The molecule has 1 heterocycles. The fourth-order valence-electron chi connectivity index (χ4n) is 1.93. The molecule has 6 nitrogen and oxygen atoms in total. The Morgan fingerprint density at radius 1 is 1.27 bits per heavy atom. The van der Waals surface area contributed by atoms with E-state index in [1.54, 1.807) is 37.4 Å². The van der Waals surface area contributed by atoms with Gasteiger partial charge < -0.3 is 19.2 Å². The molecule has 1 amide bonds. The number of amides is 1. The second-order valence-electron chi connectivity index (χ2n) is 4.55. The van der Waals surface area contributed by atoms with Gasteiger partial charge in [0, 0.05) is 19.7 Å². The molecule has 0 atom stereocenters. The Morgan fingerprint density at radius 3 is 2.73 bits per heavy atom. The smallest absolute Gasteiger partial charge is 0.221 e. The van der Waals surface area contributed by atoms with Crippen LogP contribution in [0.4, 0.5) is 5.69 Å². The van der Waals surface area contributed by atoms with Gasteiger partial charge in [0.25, 0.3) is 0 Å². The number of rotatable bonds is 7. The summed E-state index contributed by atoms with van der Waals surface area (Å²) in [5.41, 5.74) is 1.26. The van der Waals surface area contributed by atoms with Crippen molar-refractivity contribution in [2.75, 3.05) is 25.6 Å². The van der Waals surface area contributed by atoms with Gasteiger partial charge in [-0.1, -0.05) is 0 Å². The van der Waals surface area contributed by atoms with E-state index in [0.29, 0.717) is 42.3 Å². The van der Waals surface area contributed by atoms with Crippen LogP contribution in [0, 0.1) is 0 Å². The number of aldehydes is 1. The molecular formula is C16H17NO5. The van der Waals surface area contributed by atoms with E-state index >= 15 is 0 Å². The first-order valence-electron chi connectivity index (χ1n) is 6.73. The maximum atomic E-state index is 11.2. The van der Waals surface area contributed by atoms with Gasteiger partial charge in [-0.2, -0.15) is 0 Å². The molecular weight excluding hydrogens is 286 g/mol. The average molecular weight is 303 g/mol. The number of hydrogen-bond donors (Lipinski definition) is 1. The van der Waals surface area contributed by atoms with Crippen LogP contribution in [0.3, 0.4) is 0 Å². The summed E-state index contributed by atoms with van der Waals surface area (Å²) in [5, 5.41) is 2.70. The third kappa shape index (κ3) is 3.95. The first-order valence-corrected chi connectivity index (χ1v) is 6.73. The molecule has 2 aromatic rings. The average Bonchev–Trinajstić information content (AvgIpc) is 2.97. The Bertz CT molecular complexity index is 662. The molecule has 1 aromatic heterocycles. The van der Waals surface area contributed by atoms with Gasteiger partial charge in [-0.25, -0.2) is 0 Å². The van der Waals surface area contributed by atoms with E-state index in [1.165, 1.54) is 6.92 Å². The highest BCUT2D eigenvalue weighted by atomic mass is 16.5. The molecule has 22 heavy (non-hydrogen) atoms. The van der Waals surface area contributed by atoms with Gasteiger partial charge in [-0.05, 0) is 30.3 Å². The Balaban J connectivity index is 2.35. The highest BCUT2D eigenvalue weighted by Gasteiger charge is 2.12. The molecule has 0 fully saturated rings. The third-order valence-electron chi connectivity index (χ3n) is 2.85. The van der Waals surface area contributed by atoms with E-state index in [-0.39, 0.29) is 11.7 Å². The van der Waals surface area contributed by atoms with Gasteiger partial charge in [-0.15, -0.1) is 0 Å². The molecule has 0 aliphatic rings. The lowest BCUT2D eigenvalue weighted by Gasteiger charge is -2.12. The first-order chi connectivity index (χ1) is 10.6. The topological polar surface area (TPSA) is 77.8 Å². The van der Waals surface area contributed by atoms with E-state index in [1.807, 2.05) is 0 Å². The third-order valence-corrected chi connectivity index (χ3v) is 2.85. The molecule has 116 valence electrons. The summed E-state index contributed by atoms with van der Waals surface area (Å²) in [5.74, 6) is 1.12. The first kappa shape index (κ1) is 15.8. The van der Waals surface area contributed by atoms with Crippen LogP contribution in [0.25, 0.3) is 11.3 Å².